The monoisotopic (exact) mass is 365 g/mol. The van der Waals surface area contributed by atoms with Crippen LogP contribution in [0.5, 0.6) is 0 Å². The summed E-state index contributed by atoms with van der Waals surface area (Å²) in [5.74, 6) is 0.748. The number of nitrogens with zero attached hydrogens (tertiary/aromatic N) is 2. The maximum atomic E-state index is 12.7. The molecule has 6 heteroatoms. The molecule has 27 heavy (non-hydrogen) atoms. The van der Waals surface area contributed by atoms with E-state index < -0.39 is 0 Å². The first-order chi connectivity index (χ1) is 13.0. The number of nitrogens with one attached hydrogen (secondary N) is 1. The standard InChI is InChI=1S/C21H23N3O3/c1-12(2)19-10-18(24-27-19)21(26)23-20(14-8-16(25)9-14)15-7-13-5-3-4-6-17(13)22-11-15/h3-7,10-12,14,16,20,25H,8-9H2,1-2H3,(H,23,26)/t14?,16?,20-/m0/s1. The molecule has 1 amide bonds. The number of pyridine rings is 1. The first-order valence-corrected chi connectivity index (χ1v) is 9.31. The summed E-state index contributed by atoms with van der Waals surface area (Å²) in [7, 11) is 0. The number of aliphatic hydroxyl groups excluding tert-OH is 1. The Morgan fingerprint density at radius 2 is 2.04 bits per heavy atom. The Kier molecular flexibility index (Phi) is 4.66. The van der Waals surface area contributed by atoms with Gasteiger partial charge >= 0.3 is 0 Å². The van der Waals surface area contributed by atoms with Gasteiger partial charge in [-0.25, -0.2) is 0 Å². The molecule has 1 aliphatic rings. The smallest absolute Gasteiger partial charge is 0.273 e. The van der Waals surface area contributed by atoms with Gasteiger partial charge in [0.05, 0.1) is 17.7 Å². The summed E-state index contributed by atoms with van der Waals surface area (Å²) in [6.45, 7) is 3.98. The third-order valence-corrected chi connectivity index (χ3v) is 5.21. The molecule has 3 aromatic rings. The molecule has 1 saturated carbocycles. The quantitative estimate of drug-likeness (QED) is 0.721. The number of carbonyl (C=O) groups excluding carboxylic acids is 1. The molecule has 6 nitrogen and oxygen atoms in total. The number of hydrogen-bond acceptors (Lipinski definition) is 5. The van der Waals surface area contributed by atoms with Gasteiger partial charge in [0.2, 0.25) is 0 Å². The number of carbonyl (C=O) groups is 1. The van der Waals surface area contributed by atoms with Crippen molar-refractivity contribution >= 4 is 16.8 Å². The largest absolute Gasteiger partial charge is 0.393 e. The van der Waals surface area contributed by atoms with Crippen LogP contribution in [0.4, 0.5) is 0 Å². The van der Waals surface area contributed by atoms with E-state index in [-0.39, 0.29) is 35.6 Å². The lowest BCUT2D eigenvalue weighted by molar-refractivity contribution is 0.0234. The number of benzene rings is 1. The zero-order chi connectivity index (χ0) is 19.0. The minimum Gasteiger partial charge on any atom is -0.393 e. The second kappa shape index (κ2) is 7.12. The van der Waals surface area contributed by atoms with Crippen molar-refractivity contribution in [2.75, 3.05) is 0 Å². The lowest BCUT2D eigenvalue weighted by Gasteiger charge is -2.38. The highest BCUT2D eigenvalue weighted by atomic mass is 16.5. The van der Waals surface area contributed by atoms with Gasteiger partial charge < -0.3 is 14.9 Å². The fourth-order valence-electron chi connectivity index (χ4n) is 3.52. The van der Waals surface area contributed by atoms with Crippen molar-refractivity contribution in [3.63, 3.8) is 0 Å². The minimum atomic E-state index is -0.303. The van der Waals surface area contributed by atoms with Crippen LogP contribution in [0.25, 0.3) is 10.9 Å². The van der Waals surface area contributed by atoms with Crippen molar-refractivity contribution in [2.24, 2.45) is 5.92 Å². The van der Waals surface area contributed by atoms with E-state index in [1.165, 1.54) is 0 Å². The van der Waals surface area contributed by atoms with Crippen LogP contribution in [0, 0.1) is 5.92 Å². The second-order valence-electron chi connectivity index (χ2n) is 7.57. The van der Waals surface area contributed by atoms with Gasteiger partial charge in [0.15, 0.2) is 5.69 Å². The van der Waals surface area contributed by atoms with Gasteiger partial charge in [0, 0.05) is 23.6 Å². The molecular formula is C21H23N3O3. The molecule has 0 aliphatic heterocycles. The van der Waals surface area contributed by atoms with Crippen LogP contribution in [0.2, 0.25) is 0 Å². The molecule has 1 aromatic carbocycles. The molecule has 0 spiro atoms. The molecule has 0 saturated heterocycles. The predicted octanol–water partition coefficient (Wildman–Crippen LogP) is 3.59. The van der Waals surface area contributed by atoms with Crippen molar-refractivity contribution in [2.45, 2.75) is 44.8 Å². The van der Waals surface area contributed by atoms with Crippen LogP contribution < -0.4 is 5.32 Å². The summed E-state index contributed by atoms with van der Waals surface area (Å²) in [5, 5.41) is 17.7. The Morgan fingerprint density at radius 1 is 1.26 bits per heavy atom. The molecule has 1 aliphatic carbocycles. The van der Waals surface area contributed by atoms with Gasteiger partial charge in [-0.05, 0) is 36.5 Å². The number of amides is 1. The second-order valence-corrected chi connectivity index (χ2v) is 7.57. The maximum Gasteiger partial charge on any atom is 0.273 e. The average Bonchev–Trinajstić information content (AvgIpc) is 3.14. The van der Waals surface area contributed by atoms with E-state index in [9.17, 15) is 9.90 Å². The zero-order valence-electron chi connectivity index (χ0n) is 15.4. The molecule has 140 valence electrons. The molecule has 0 bridgehead atoms. The number of hydrogen-bond donors (Lipinski definition) is 2. The fraction of sp³-hybridized carbons (Fsp3) is 0.381. The van der Waals surface area contributed by atoms with Crippen LogP contribution in [0.15, 0.2) is 47.1 Å². The molecule has 2 aromatic heterocycles. The van der Waals surface area contributed by atoms with Gasteiger partial charge in [-0.2, -0.15) is 0 Å². The van der Waals surface area contributed by atoms with Gasteiger partial charge in [-0.1, -0.05) is 37.2 Å². The average molecular weight is 365 g/mol. The van der Waals surface area contributed by atoms with Crippen molar-refractivity contribution in [1.29, 1.82) is 0 Å². The van der Waals surface area contributed by atoms with E-state index in [2.05, 4.69) is 21.5 Å². The molecule has 0 unspecified atom stereocenters. The van der Waals surface area contributed by atoms with Crippen molar-refractivity contribution in [1.82, 2.24) is 15.5 Å². The van der Waals surface area contributed by atoms with Crippen LogP contribution >= 0.6 is 0 Å². The van der Waals surface area contributed by atoms with Crippen molar-refractivity contribution < 1.29 is 14.4 Å². The topological polar surface area (TPSA) is 88.2 Å². The van der Waals surface area contributed by atoms with Crippen molar-refractivity contribution in [3.8, 4) is 0 Å². The van der Waals surface area contributed by atoms with Crippen molar-refractivity contribution in [3.05, 3.63) is 59.6 Å². The SMILES string of the molecule is CC(C)c1cc(C(=O)N[C@H](c2cnc3ccccc3c2)C2CC(O)C2)no1. The summed E-state index contributed by atoms with van der Waals surface area (Å²) in [6.07, 6.45) is 2.82. The van der Waals surface area contributed by atoms with E-state index >= 15 is 0 Å². The van der Waals surface area contributed by atoms with E-state index in [1.54, 1.807) is 12.3 Å². The number of fused-ring (bicyclic) bond motifs is 1. The highest BCUT2D eigenvalue weighted by Gasteiger charge is 2.36. The Morgan fingerprint density at radius 3 is 2.74 bits per heavy atom. The normalized spacial score (nSPS) is 20.4. The van der Waals surface area contributed by atoms with E-state index in [0.29, 0.717) is 18.6 Å². The van der Waals surface area contributed by atoms with E-state index in [0.717, 1.165) is 16.5 Å². The Labute approximate surface area is 157 Å². The molecular weight excluding hydrogens is 342 g/mol. The van der Waals surface area contributed by atoms with Gasteiger partial charge in [0.1, 0.15) is 5.76 Å². The van der Waals surface area contributed by atoms with Gasteiger partial charge in [0.25, 0.3) is 5.91 Å². The zero-order valence-corrected chi connectivity index (χ0v) is 15.4. The summed E-state index contributed by atoms with van der Waals surface area (Å²) >= 11 is 0. The Balaban J connectivity index is 1.61. The van der Waals surface area contributed by atoms with E-state index in [4.69, 9.17) is 4.52 Å². The third kappa shape index (κ3) is 3.57. The maximum absolute atomic E-state index is 12.7. The third-order valence-electron chi connectivity index (χ3n) is 5.21. The minimum absolute atomic E-state index is 0.168. The number of rotatable bonds is 5. The van der Waals surface area contributed by atoms with E-state index in [1.807, 2.05) is 38.1 Å². The molecule has 1 fully saturated rings. The van der Waals surface area contributed by atoms with Gasteiger partial charge in [-0.3, -0.25) is 9.78 Å². The summed E-state index contributed by atoms with van der Waals surface area (Å²) in [5.41, 5.74) is 2.13. The van der Waals surface area contributed by atoms with Crippen LogP contribution in [0.3, 0.4) is 0 Å². The first kappa shape index (κ1) is 17.7. The summed E-state index contributed by atoms with van der Waals surface area (Å²) in [4.78, 5) is 17.3. The highest BCUT2D eigenvalue weighted by molar-refractivity contribution is 5.92. The Bertz CT molecular complexity index is 960. The van der Waals surface area contributed by atoms with Crippen LogP contribution in [0.1, 0.15) is 60.5 Å². The number of aromatic nitrogens is 2. The van der Waals surface area contributed by atoms with Crippen LogP contribution in [-0.2, 0) is 0 Å². The van der Waals surface area contributed by atoms with Crippen LogP contribution in [-0.4, -0.2) is 27.3 Å². The molecule has 2 heterocycles. The molecule has 0 radical (unpaired) electrons. The lowest BCUT2D eigenvalue weighted by atomic mass is 9.75. The highest BCUT2D eigenvalue weighted by Crippen LogP contribution is 2.38. The Hall–Kier alpha value is -2.73. The first-order valence-electron chi connectivity index (χ1n) is 9.31. The molecule has 1 atom stereocenters. The fourth-order valence-corrected chi connectivity index (χ4v) is 3.52. The lowest BCUT2D eigenvalue weighted by Crippen LogP contribution is -2.41. The predicted molar refractivity (Wildman–Crippen MR) is 101 cm³/mol. The molecule has 2 N–H and O–H groups in total. The number of aliphatic hydroxyl groups is 1. The summed E-state index contributed by atoms with van der Waals surface area (Å²) in [6, 6.07) is 11.4. The summed E-state index contributed by atoms with van der Waals surface area (Å²) < 4.78 is 5.25. The molecule has 4 rings (SSSR count). The number of para-hydroxylation sites is 1. The van der Waals surface area contributed by atoms with Gasteiger partial charge in [-0.15, -0.1) is 0 Å².